The number of aromatic amines is 4. The van der Waals surface area contributed by atoms with Crippen molar-refractivity contribution in [1.29, 1.82) is 0 Å². The first-order chi connectivity index (χ1) is 44.2. The van der Waals surface area contributed by atoms with Crippen LogP contribution in [0.25, 0.3) is 27.1 Å². The average Bonchev–Trinajstić information content (AvgIpc) is 0.808. The van der Waals surface area contributed by atoms with Crippen LogP contribution in [0.2, 0.25) is 0 Å². The number of carboxylic acid groups (broad SMARTS) is 1. The lowest BCUT2D eigenvalue weighted by atomic mass is 9.85. The van der Waals surface area contributed by atoms with Crippen molar-refractivity contribution in [2.75, 3.05) is 110 Å². The average molecular weight is 1270 g/mol. The zero-order valence-corrected chi connectivity index (χ0v) is 55.4. The molecule has 0 aliphatic rings. The van der Waals surface area contributed by atoms with Gasteiger partial charge in [0.25, 0.3) is 22.2 Å². The molecule has 0 saturated carbocycles. The number of anilines is 6. The van der Waals surface area contributed by atoms with E-state index in [1.165, 1.54) is 0 Å². The molecule has 4 atom stereocenters. The molecular weight excluding hydrogens is 1180 g/mol. The number of likely N-dealkylation sites (N-methyl/N-ethyl adjacent to an activating group) is 1. The largest absolute Gasteiger partial charge is 0.472 e. The quantitative estimate of drug-likeness (QED) is 0.00823. The van der Waals surface area contributed by atoms with Crippen molar-refractivity contribution >= 4 is 74.5 Å². The van der Waals surface area contributed by atoms with Crippen LogP contribution in [-0.4, -0.2) is 129 Å². The summed E-state index contributed by atoms with van der Waals surface area (Å²) in [5.74, 6) is 0. The number of hydrogen-bond acceptors (Lipinski definition) is 15. The maximum atomic E-state index is 13.9. The van der Waals surface area contributed by atoms with Crippen LogP contribution in [0.1, 0.15) is 89.5 Å². The number of fused-ring (bicyclic) bond motifs is 2. The molecule has 21 nitrogen and oxygen atoms in total. The summed E-state index contributed by atoms with van der Waals surface area (Å²) in [6.07, 6.45) is 8.76. The smallest absolute Gasteiger partial charge is 0.437 e. The van der Waals surface area contributed by atoms with Gasteiger partial charge in [0.15, 0.2) is 0 Å². The van der Waals surface area contributed by atoms with E-state index < -0.39 is 18.9 Å². The van der Waals surface area contributed by atoms with Crippen LogP contribution in [0.4, 0.5) is 38.9 Å². The third-order valence-corrected chi connectivity index (χ3v) is 18.0. The molecule has 8 rings (SSSR count). The van der Waals surface area contributed by atoms with Gasteiger partial charge in [0.1, 0.15) is 5.60 Å². The summed E-state index contributed by atoms with van der Waals surface area (Å²) in [7, 11) is 2.39. The van der Waals surface area contributed by atoms with Crippen molar-refractivity contribution in [3.8, 4) is 0 Å². The van der Waals surface area contributed by atoms with Crippen molar-refractivity contribution in [2.24, 2.45) is 0 Å². The first-order valence-corrected chi connectivity index (χ1v) is 33.2. The topological polar surface area (TPSA) is 259 Å². The van der Waals surface area contributed by atoms with Crippen molar-refractivity contribution < 1.29 is 23.9 Å². The first-order valence-electron chi connectivity index (χ1n) is 31.6. The fourth-order valence-electron chi connectivity index (χ4n) is 11.8. The van der Waals surface area contributed by atoms with E-state index in [2.05, 4.69) is 116 Å². The number of hydrogen-bond donors (Lipinski definition) is 8. The molecule has 2 heterocycles. The van der Waals surface area contributed by atoms with E-state index in [1.807, 2.05) is 117 Å². The molecule has 0 amide bonds. The zero-order valence-electron chi connectivity index (χ0n) is 54.5. The number of unbranched alkanes of at least 4 members (excludes halogenated alkanes) is 1. The molecule has 0 saturated heterocycles. The lowest BCUT2D eigenvalue weighted by Crippen LogP contribution is -2.48. The molecule has 2 aromatic heterocycles. The number of nitrogens with one attached hydrogen (secondary N) is 6. The summed E-state index contributed by atoms with van der Waals surface area (Å²) in [5.41, 5.74) is 3.58. The van der Waals surface area contributed by atoms with Gasteiger partial charge in [-0.15, -0.1) is 0 Å². The van der Waals surface area contributed by atoms with E-state index in [9.17, 15) is 38.5 Å². The van der Waals surface area contributed by atoms with E-state index in [-0.39, 0.29) is 34.6 Å². The van der Waals surface area contributed by atoms with Crippen molar-refractivity contribution in [3.63, 3.8) is 0 Å². The van der Waals surface area contributed by atoms with Crippen LogP contribution < -0.4 is 62.3 Å². The standard InChI is InChI=1S/C70H89N12O9P/c1-11-19-64(82(15-5)58-38-40-61-63(47-58)68(86)76-74-66(61)84)72-43-45-80(13-3)55-35-27-52(28-36-55)70(91-92(89,90)69(87)88,51-25-33-54(34-26-51)78(9)10)41-18-20-59(49-21-29-53(30-22-49)77(7)8)50-23-31-56(32-24-50)81(14-4)48(6)71-42-16-17-44-79(12-2)57-37-39-60-62(46-57)67(85)75-73-65(60)83/h18,20-41,46-48,64,71-72H,11-17,19,42-45H2,1-10H3,(H,73,83)(H,74,84)(H,75,85)(H,76,86)(H,87,88)(H,89,90)/b41-18+,59-20+. The van der Waals surface area contributed by atoms with E-state index in [1.54, 1.807) is 48.6 Å². The Kier molecular flexibility index (Phi) is 23.5. The minimum Gasteiger partial charge on any atom is -0.472 e. The Morgan fingerprint density at radius 3 is 1.50 bits per heavy atom. The molecule has 92 heavy (non-hydrogen) atoms. The van der Waals surface area contributed by atoms with E-state index in [0.29, 0.717) is 58.9 Å². The van der Waals surface area contributed by atoms with Crippen molar-refractivity contribution in [2.45, 2.75) is 85.2 Å². The Morgan fingerprint density at radius 1 is 0.554 bits per heavy atom. The summed E-state index contributed by atoms with van der Waals surface area (Å²) in [4.78, 5) is 86.9. The molecule has 0 fully saturated rings. The second-order valence-electron chi connectivity index (χ2n) is 23.1. The van der Waals surface area contributed by atoms with Gasteiger partial charge in [0.05, 0.1) is 33.9 Å². The second-order valence-corrected chi connectivity index (χ2v) is 24.8. The van der Waals surface area contributed by atoms with Crippen LogP contribution in [0.5, 0.6) is 0 Å². The van der Waals surface area contributed by atoms with Crippen LogP contribution in [0, 0.1) is 0 Å². The van der Waals surface area contributed by atoms with Crippen LogP contribution in [0.3, 0.4) is 0 Å². The van der Waals surface area contributed by atoms with Gasteiger partial charge in [-0.3, -0.25) is 54.7 Å². The van der Waals surface area contributed by atoms with E-state index in [0.717, 1.165) is 103 Å². The van der Waals surface area contributed by atoms with E-state index >= 15 is 0 Å². The zero-order chi connectivity index (χ0) is 66.3. The molecular formula is C70H89N12O9P. The lowest BCUT2D eigenvalue weighted by molar-refractivity contribution is 0.132. The van der Waals surface area contributed by atoms with Gasteiger partial charge in [0.2, 0.25) is 0 Å². The minimum absolute atomic E-state index is 0.00569. The minimum atomic E-state index is -5.38. The Labute approximate surface area is 537 Å². The lowest BCUT2D eigenvalue weighted by Gasteiger charge is -2.35. The summed E-state index contributed by atoms with van der Waals surface area (Å²) in [6.45, 7) is 18.1. The Morgan fingerprint density at radius 2 is 1.01 bits per heavy atom. The van der Waals surface area contributed by atoms with Gasteiger partial charge in [0, 0.05) is 108 Å². The highest BCUT2D eigenvalue weighted by Gasteiger charge is 2.44. The Hall–Kier alpha value is -8.98. The molecule has 22 heteroatoms. The molecule has 8 aromatic rings. The highest BCUT2D eigenvalue weighted by molar-refractivity contribution is 7.70. The van der Waals surface area contributed by atoms with Crippen molar-refractivity contribution in [3.05, 3.63) is 215 Å². The van der Waals surface area contributed by atoms with Gasteiger partial charge in [-0.25, -0.2) is 9.36 Å². The van der Waals surface area contributed by atoms with Gasteiger partial charge in [-0.1, -0.05) is 74.0 Å². The number of aromatic nitrogens is 4. The number of allylic oxidation sites excluding steroid dienone is 2. The van der Waals surface area contributed by atoms with Gasteiger partial charge in [-0.05, 0) is 179 Å². The molecule has 0 radical (unpaired) electrons. The number of H-pyrrole nitrogens is 4. The summed E-state index contributed by atoms with van der Waals surface area (Å²) >= 11 is 0. The predicted octanol–water partition coefficient (Wildman–Crippen LogP) is 10.8. The third kappa shape index (κ3) is 16.2. The fraction of sp³-hybridized carbons (Fsp3) is 0.357. The molecule has 488 valence electrons. The molecule has 0 spiro atoms. The molecule has 8 N–H and O–H groups in total. The van der Waals surface area contributed by atoms with Crippen LogP contribution in [-0.2, 0) is 14.7 Å². The SMILES string of the molecule is CCCC(NCCN(CC)c1ccc(C(/C=C/C=C(\c2ccc(N(C)C)cc2)c2ccc(N(CC)C(C)NCCCCN(CC)c3ccc4c(=O)[nH][nH]c(=O)c4c3)cc2)(OP(=O)(O)C(=O)O)c2ccc(N(C)C)cc2)cc1)N(CC)c1ccc2c(=O)[nH][nH]c(=O)c2c1. The molecule has 0 aliphatic carbocycles. The molecule has 0 aliphatic heterocycles. The maximum Gasteiger partial charge on any atom is 0.437 e. The first kappa shape index (κ1) is 68.9. The monoisotopic (exact) mass is 1270 g/mol. The molecule has 4 unspecified atom stereocenters. The Balaban J connectivity index is 1.06. The number of nitrogens with zero attached hydrogens (tertiary/aromatic N) is 6. The number of benzene rings is 6. The van der Waals surface area contributed by atoms with E-state index in [4.69, 9.17) is 4.52 Å². The van der Waals surface area contributed by atoms with Crippen molar-refractivity contribution in [1.82, 2.24) is 31.0 Å². The third-order valence-electron chi connectivity index (χ3n) is 16.9. The summed E-state index contributed by atoms with van der Waals surface area (Å²) in [5, 5.41) is 28.8. The van der Waals surface area contributed by atoms with Crippen LogP contribution >= 0.6 is 7.60 Å². The predicted molar refractivity (Wildman–Crippen MR) is 376 cm³/mol. The summed E-state index contributed by atoms with van der Waals surface area (Å²) in [6, 6.07) is 41.9. The normalized spacial score (nSPS) is 13.8. The second kappa shape index (κ2) is 31.4. The number of carbonyl (C=O) groups is 1. The Bertz CT molecular complexity index is 4130. The summed E-state index contributed by atoms with van der Waals surface area (Å²) < 4.78 is 20.1. The fourth-order valence-corrected chi connectivity index (χ4v) is 12.6. The highest BCUT2D eigenvalue weighted by atomic mass is 31.2. The number of rotatable bonds is 33. The van der Waals surface area contributed by atoms with Gasteiger partial charge >= 0.3 is 13.3 Å². The highest BCUT2D eigenvalue weighted by Crippen LogP contribution is 2.53. The molecule has 6 aromatic carbocycles. The van der Waals surface area contributed by atoms with Crippen LogP contribution in [0.15, 0.2) is 171 Å². The molecule has 0 bridgehead atoms. The van der Waals surface area contributed by atoms with Gasteiger partial charge in [-0.2, -0.15) is 0 Å². The van der Waals surface area contributed by atoms with Gasteiger partial charge < -0.3 is 39.4 Å². The maximum absolute atomic E-state index is 13.9.